The third kappa shape index (κ3) is 4.03. The molecule has 0 bridgehead atoms. The van der Waals surface area contributed by atoms with Gasteiger partial charge in [0.1, 0.15) is 6.33 Å². The highest BCUT2D eigenvalue weighted by Gasteiger charge is 2.07. The molecule has 2 heterocycles. The van der Waals surface area contributed by atoms with Gasteiger partial charge in [0, 0.05) is 17.8 Å². The van der Waals surface area contributed by atoms with Gasteiger partial charge in [-0.2, -0.15) is 0 Å². The summed E-state index contributed by atoms with van der Waals surface area (Å²) in [6.45, 7) is 1.80. The molecule has 0 saturated carbocycles. The van der Waals surface area contributed by atoms with E-state index in [4.69, 9.17) is 4.52 Å². The number of aryl methyl sites for hydroxylation is 3. The maximum Gasteiger partial charge on any atom is 0.201 e. The molecule has 3 rings (SSSR count). The van der Waals surface area contributed by atoms with E-state index in [1.54, 1.807) is 19.1 Å². The Morgan fingerprint density at radius 3 is 2.70 bits per heavy atom. The smallest absolute Gasteiger partial charge is 0.201 e. The predicted molar refractivity (Wildman–Crippen MR) is 87.6 cm³/mol. The minimum atomic E-state index is -0.00157. The lowest BCUT2D eigenvalue weighted by atomic mass is 10.1. The first-order chi connectivity index (χ1) is 11.2. The summed E-state index contributed by atoms with van der Waals surface area (Å²) in [5, 5.41) is 13.8. The van der Waals surface area contributed by atoms with Crippen molar-refractivity contribution in [2.45, 2.75) is 19.8 Å². The molecule has 0 aliphatic rings. The van der Waals surface area contributed by atoms with Gasteiger partial charge in [-0.3, -0.25) is 0 Å². The topological polar surface area (TPSA) is 72.0 Å². The maximum atomic E-state index is 10.1. The number of rotatable bonds is 5. The third-order valence-electron chi connectivity index (χ3n) is 3.42. The quantitative estimate of drug-likeness (QED) is 0.729. The Morgan fingerprint density at radius 2 is 1.96 bits per heavy atom. The second-order valence-electron chi connectivity index (χ2n) is 5.28. The van der Waals surface area contributed by atoms with E-state index in [-0.39, 0.29) is 5.76 Å². The molecular formula is C18H17N3O2. The molecule has 1 N–H and O–H groups in total. The van der Waals surface area contributed by atoms with E-state index >= 15 is 0 Å². The predicted octanol–water partition coefficient (Wildman–Crippen LogP) is 3.61. The highest BCUT2D eigenvalue weighted by molar-refractivity contribution is 5.72. The maximum absolute atomic E-state index is 10.1. The zero-order valence-electron chi connectivity index (χ0n) is 12.8. The van der Waals surface area contributed by atoms with Crippen LogP contribution in [-0.2, 0) is 12.8 Å². The van der Waals surface area contributed by atoms with Crippen molar-refractivity contribution in [3.8, 4) is 0 Å². The first-order valence-corrected chi connectivity index (χ1v) is 7.40. The molecular weight excluding hydrogens is 290 g/mol. The van der Waals surface area contributed by atoms with E-state index in [1.165, 1.54) is 11.9 Å². The lowest BCUT2D eigenvalue weighted by Crippen LogP contribution is -1.96. The second kappa shape index (κ2) is 6.87. The highest BCUT2D eigenvalue weighted by atomic mass is 16.5. The van der Waals surface area contributed by atoms with Crippen LogP contribution in [0.3, 0.4) is 0 Å². The fourth-order valence-corrected chi connectivity index (χ4v) is 2.24. The molecule has 3 aromatic rings. The van der Waals surface area contributed by atoms with Crippen molar-refractivity contribution in [2.75, 3.05) is 0 Å². The van der Waals surface area contributed by atoms with E-state index in [0.29, 0.717) is 17.1 Å². The second-order valence-corrected chi connectivity index (χ2v) is 5.28. The van der Waals surface area contributed by atoms with Gasteiger partial charge in [0.15, 0.2) is 5.76 Å². The van der Waals surface area contributed by atoms with Crippen LogP contribution in [0.5, 0.6) is 0 Å². The Labute approximate surface area is 134 Å². The molecule has 0 aliphatic carbocycles. The number of hydrogen-bond donors (Lipinski definition) is 1. The van der Waals surface area contributed by atoms with Gasteiger partial charge in [-0.25, -0.2) is 9.97 Å². The molecule has 0 fully saturated rings. The molecule has 5 heteroatoms. The fourth-order valence-electron chi connectivity index (χ4n) is 2.24. The van der Waals surface area contributed by atoms with Gasteiger partial charge in [-0.15, -0.1) is 0 Å². The molecule has 0 amide bonds. The number of hydrogen-bond acceptors (Lipinski definition) is 5. The minimum absolute atomic E-state index is 0.00157. The van der Waals surface area contributed by atoms with Crippen LogP contribution in [-0.4, -0.2) is 20.2 Å². The Morgan fingerprint density at radius 1 is 1.13 bits per heavy atom. The average Bonchev–Trinajstić information content (AvgIpc) is 3.01. The summed E-state index contributed by atoms with van der Waals surface area (Å²) >= 11 is 0. The van der Waals surface area contributed by atoms with E-state index < -0.39 is 0 Å². The zero-order chi connectivity index (χ0) is 16.1. The Balaban J connectivity index is 1.72. The van der Waals surface area contributed by atoms with Gasteiger partial charge in [-0.05, 0) is 31.4 Å². The first kappa shape index (κ1) is 15.0. The van der Waals surface area contributed by atoms with Crippen LogP contribution in [0.25, 0.3) is 11.8 Å². The largest absolute Gasteiger partial charge is 0.504 e. The number of aliphatic hydroxyl groups is 1. The fraction of sp³-hybridized carbons (Fsp3) is 0.167. The summed E-state index contributed by atoms with van der Waals surface area (Å²) < 4.78 is 5.02. The van der Waals surface area contributed by atoms with Crippen molar-refractivity contribution in [1.29, 1.82) is 0 Å². The molecule has 0 aliphatic heterocycles. The molecule has 0 spiro atoms. The summed E-state index contributed by atoms with van der Waals surface area (Å²) in [6.07, 6.45) is 4.78. The summed E-state index contributed by atoms with van der Waals surface area (Å²) in [5.41, 5.74) is 3.54. The van der Waals surface area contributed by atoms with Gasteiger partial charge in [0.05, 0.1) is 11.4 Å². The van der Waals surface area contributed by atoms with E-state index in [0.717, 1.165) is 18.5 Å². The molecule has 1 aromatic carbocycles. The van der Waals surface area contributed by atoms with Gasteiger partial charge in [0.2, 0.25) is 5.76 Å². The summed E-state index contributed by atoms with van der Waals surface area (Å²) in [4.78, 5) is 8.44. The van der Waals surface area contributed by atoms with Crippen molar-refractivity contribution in [3.05, 3.63) is 77.2 Å². The molecule has 5 nitrogen and oxygen atoms in total. The summed E-state index contributed by atoms with van der Waals surface area (Å²) in [7, 11) is 0. The lowest BCUT2D eigenvalue weighted by molar-refractivity contribution is 0.379. The number of benzene rings is 1. The number of aliphatic hydroxyl groups excluding tert-OH is 1. The SMILES string of the molecule is Cc1cc(/C(O)=C\c2cc(CCc3ccccc3)ncn2)on1. The molecule has 23 heavy (non-hydrogen) atoms. The van der Waals surface area contributed by atoms with Crippen LogP contribution < -0.4 is 0 Å². The monoisotopic (exact) mass is 307 g/mol. The van der Waals surface area contributed by atoms with Crippen LogP contribution >= 0.6 is 0 Å². The summed E-state index contributed by atoms with van der Waals surface area (Å²) in [6, 6.07) is 13.8. The standard InChI is InChI=1S/C18H17N3O2/c1-13-9-18(23-21-13)17(22)11-16-10-15(19-12-20-16)8-7-14-5-3-2-4-6-14/h2-6,9-12,22H,7-8H2,1H3/b17-11+. The Hall–Kier alpha value is -2.95. The van der Waals surface area contributed by atoms with Crippen LogP contribution in [0.1, 0.15) is 28.4 Å². The molecule has 0 atom stereocenters. The van der Waals surface area contributed by atoms with Gasteiger partial charge < -0.3 is 9.63 Å². The third-order valence-corrected chi connectivity index (χ3v) is 3.42. The van der Waals surface area contributed by atoms with Gasteiger partial charge in [-0.1, -0.05) is 35.5 Å². The summed E-state index contributed by atoms with van der Waals surface area (Å²) in [5.74, 6) is 0.324. The van der Waals surface area contributed by atoms with Crippen molar-refractivity contribution >= 4 is 11.8 Å². The molecule has 0 unspecified atom stereocenters. The molecule has 0 saturated heterocycles. The first-order valence-electron chi connectivity index (χ1n) is 7.40. The number of aromatic nitrogens is 3. The van der Waals surface area contributed by atoms with Crippen LogP contribution in [0.4, 0.5) is 0 Å². The van der Waals surface area contributed by atoms with E-state index in [9.17, 15) is 5.11 Å². The van der Waals surface area contributed by atoms with Crippen molar-refractivity contribution < 1.29 is 9.63 Å². The van der Waals surface area contributed by atoms with Crippen LogP contribution in [0.2, 0.25) is 0 Å². The zero-order valence-corrected chi connectivity index (χ0v) is 12.8. The lowest BCUT2D eigenvalue weighted by Gasteiger charge is -2.02. The van der Waals surface area contributed by atoms with Crippen molar-refractivity contribution in [1.82, 2.24) is 15.1 Å². The van der Waals surface area contributed by atoms with Gasteiger partial charge in [0.25, 0.3) is 0 Å². The highest BCUT2D eigenvalue weighted by Crippen LogP contribution is 2.16. The van der Waals surface area contributed by atoms with Crippen molar-refractivity contribution in [3.63, 3.8) is 0 Å². The van der Waals surface area contributed by atoms with Crippen LogP contribution in [0.15, 0.2) is 53.3 Å². The average molecular weight is 307 g/mol. The molecule has 0 radical (unpaired) electrons. The molecule has 116 valence electrons. The normalized spacial score (nSPS) is 11.6. The van der Waals surface area contributed by atoms with E-state index in [2.05, 4.69) is 27.3 Å². The number of nitrogens with zero attached hydrogens (tertiary/aromatic N) is 3. The van der Waals surface area contributed by atoms with E-state index in [1.807, 2.05) is 24.3 Å². The molecule has 2 aromatic heterocycles. The Kier molecular flexibility index (Phi) is 4.47. The minimum Gasteiger partial charge on any atom is -0.504 e. The van der Waals surface area contributed by atoms with Crippen molar-refractivity contribution in [2.24, 2.45) is 0 Å². The van der Waals surface area contributed by atoms with Gasteiger partial charge >= 0.3 is 0 Å². The van der Waals surface area contributed by atoms with Crippen LogP contribution in [0, 0.1) is 6.92 Å². The Bertz CT molecular complexity index is 810.